The number of nitrogens with one attached hydrogen (secondary N) is 1. The zero-order valence-corrected chi connectivity index (χ0v) is 15.9. The number of carbonyl (C=O) groups is 1. The highest BCUT2D eigenvalue weighted by molar-refractivity contribution is 5.95. The molecule has 0 radical (unpaired) electrons. The number of rotatable bonds is 7. The van der Waals surface area contributed by atoms with Crippen LogP contribution in [0.15, 0.2) is 49.1 Å². The van der Waals surface area contributed by atoms with Crippen molar-refractivity contribution in [1.82, 2.24) is 5.32 Å². The van der Waals surface area contributed by atoms with Crippen molar-refractivity contribution in [2.45, 2.75) is 25.6 Å². The smallest absolute Gasteiger partial charge is 0.416 e. The van der Waals surface area contributed by atoms with Gasteiger partial charge in [0.05, 0.1) is 25.8 Å². The minimum atomic E-state index is -4.44. The average molecular weight is 393 g/mol. The van der Waals surface area contributed by atoms with Crippen molar-refractivity contribution in [3.63, 3.8) is 0 Å². The second-order valence-electron chi connectivity index (χ2n) is 6.18. The Morgan fingerprint density at radius 3 is 2.50 bits per heavy atom. The molecule has 1 amide bonds. The minimum absolute atomic E-state index is 0.313. The molecule has 2 aromatic rings. The summed E-state index contributed by atoms with van der Waals surface area (Å²) in [6.45, 7) is 5.31. The summed E-state index contributed by atoms with van der Waals surface area (Å²) in [7, 11) is 2.96. The number of carbonyl (C=O) groups excluding carboxylic acids is 1. The number of benzene rings is 2. The summed E-state index contributed by atoms with van der Waals surface area (Å²) in [6.07, 6.45) is -2.31. The van der Waals surface area contributed by atoms with Crippen LogP contribution in [0.5, 0.6) is 11.5 Å². The van der Waals surface area contributed by atoms with Gasteiger partial charge in [-0.3, -0.25) is 4.79 Å². The zero-order valence-electron chi connectivity index (χ0n) is 15.9. The molecule has 0 saturated carbocycles. The first-order chi connectivity index (χ1) is 13.2. The SMILES string of the molecule is C=CCc1cc(C(=O)NC(C)c2cccc(C(F)(F)F)c2)cc(OC)c1OC. The maximum atomic E-state index is 12.9. The number of allylic oxidation sites excluding steroid dienone is 1. The summed E-state index contributed by atoms with van der Waals surface area (Å²) in [5.41, 5.74) is 0.627. The molecule has 0 aliphatic rings. The Morgan fingerprint density at radius 2 is 1.93 bits per heavy atom. The van der Waals surface area contributed by atoms with Gasteiger partial charge >= 0.3 is 6.18 Å². The third-order valence-electron chi connectivity index (χ3n) is 4.24. The third-order valence-corrected chi connectivity index (χ3v) is 4.24. The molecule has 1 unspecified atom stereocenters. The van der Waals surface area contributed by atoms with Crippen LogP contribution >= 0.6 is 0 Å². The first-order valence-electron chi connectivity index (χ1n) is 8.55. The topological polar surface area (TPSA) is 47.6 Å². The van der Waals surface area contributed by atoms with E-state index in [4.69, 9.17) is 9.47 Å². The molecule has 1 N–H and O–H groups in total. The van der Waals surface area contributed by atoms with Gasteiger partial charge in [0.15, 0.2) is 11.5 Å². The summed E-state index contributed by atoms with van der Waals surface area (Å²) in [5, 5.41) is 2.72. The largest absolute Gasteiger partial charge is 0.493 e. The van der Waals surface area contributed by atoms with Crippen molar-refractivity contribution in [3.8, 4) is 11.5 Å². The fraction of sp³-hybridized carbons (Fsp3) is 0.286. The normalized spacial score (nSPS) is 12.2. The number of methoxy groups -OCH3 is 2. The molecule has 0 spiro atoms. The van der Waals surface area contributed by atoms with E-state index in [9.17, 15) is 18.0 Å². The molecule has 7 heteroatoms. The van der Waals surface area contributed by atoms with Gasteiger partial charge in [0.1, 0.15) is 0 Å². The van der Waals surface area contributed by atoms with E-state index in [1.807, 2.05) is 0 Å². The minimum Gasteiger partial charge on any atom is -0.493 e. The number of alkyl halides is 3. The van der Waals surface area contributed by atoms with Crippen molar-refractivity contribution in [2.75, 3.05) is 14.2 Å². The van der Waals surface area contributed by atoms with Gasteiger partial charge in [-0.2, -0.15) is 13.2 Å². The molecule has 0 aliphatic carbocycles. The first-order valence-corrected chi connectivity index (χ1v) is 8.55. The Labute approximate surface area is 162 Å². The number of amides is 1. The molecule has 28 heavy (non-hydrogen) atoms. The van der Waals surface area contributed by atoms with Crippen LogP contribution in [-0.4, -0.2) is 20.1 Å². The number of hydrogen-bond acceptors (Lipinski definition) is 3. The second-order valence-corrected chi connectivity index (χ2v) is 6.18. The summed E-state index contributed by atoms with van der Waals surface area (Å²) >= 11 is 0. The molecule has 0 saturated heterocycles. The van der Waals surface area contributed by atoms with Crippen LogP contribution < -0.4 is 14.8 Å². The van der Waals surface area contributed by atoms with Gasteiger partial charge in [-0.25, -0.2) is 0 Å². The van der Waals surface area contributed by atoms with Gasteiger partial charge in [0.25, 0.3) is 5.91 Å². The van der Waals surface area contributed by atoms with E-state index in [-0.39, 0.29) is 0 Å². The van der Waals surface area contributed by atoms with Crippen molar-refractivity contribution in [3.05, 3.63) is 71.3 Å². The van der Waals surface area contributed by atoms with Crippen LogP contribution in [0.25, 0.3) is 0 Å². The Balaban J connectivity index is 2.29. The number of halogens is 3. The maximum absolute atomic E-state index is 12.9. The molecule has 0 aliphatic heterocycles. The van der Waals surface area contributed by atoms with Crippen LogP contribution in [0.3, 0.4) is 0 Å². The molecule has 0 heterocycles. The number of ether oxygens (including phenoxy) is 2. The van der Waals surface area contributed by atoms with Crippen molar-refractivity contribution in [1.29, 1.82) is 0 Å². The predicted molar refractivity (Wildman–Crippen MR) is 101 cm³/mol. The Bertz CT molecular complexity index is 862. The van der Waals surface area contributed by atoms with E-state index in [2.05, 4.69) is 11.9 Å². The zero-order chi connectivity index (χ0) is 20.9. The van der Waals surface area contributed by atoms with Crippen LogP contribution in [0.1, 0.15) is 40.0 Å². The van der Waals surface area contributed by atoms with E-state index < -0.39 is 23.7 Å². The van der Waals surface area contributed by atoms with Gasteiger partial charge in [-0.05, 0) is 43.2 Å². The molecule has 2 rings (SSSR count). The van der Waals surface area contributed by atoms with Gasteiger partial charge in [-0.1, -0.05) is 18.2 Å². The van der Waals surface area contributed by atoms with E-state index in [1.54, 1.807) is 19.1 Å². The van der Waals surface area contributed by atoms with E-state index in [1.165, 1.54) is 32.4 Å². The fourth-order valence-corrected chi connectivity index (χ4v) is 2.83. The van der Waals surface area contributed by atoms with E-state index in [0.29, 0.717) is 34.6 Å². The van der Waals surface area contributed by atoms with Gasteiger partial charge in [0.2, 0.25) is 0 Å². The van der Waals surface area contributed by atoms with Crippen molar-refractivity contribution >= 4 is 5.91 Å². The molecular formula is C21H22F3NO3. The van der Waals surface area contributed by atoms with Gasteiger partial charge in [0, 0.05) is 11.1 Å². The van der Waals surface area contributed by atoms with Crippen LogP contribution in [0.2, 0.25) is 0 Å². The number of hydrogen-bond donors (Lipinski definition) is 1. The quantitative estimate of drug-likeness (QED) is 0.678. The highest BCUT2D eigenvalue weighted by Crippen LogP contribution is 2.34. The van der Waals surface area contributed by atoms with Crippen LogP contribution in [0.4, 0.5) is 13.2 Å². The monoisotopic (exact) mass is 393 g/mol. The summed E-state index contributed by atoms with van der Waals surface area (Å²) in [6, 6.07) is 7.44. The van der Waals surface area contributed by atoms with Crippen LogP contribution in [0, 0.1) is 0 Å². The van der Waals surface area contributed by atoms with Gasteiger partial charge < -0.3 is 14.8 Å². The average Bonchev–Trinajstić information content (AvgIpc) is 2.66. The summed E-state index contributed by atoms with van der Waals surface area (Å²) in [5.74, 6) is 0.458. The molecule has 4 nitrogen and oxygen atoms in total. The molecular weight excluding hydrogens is 371 g/mol. The third kappa shape index (κ3) is 4.85. The summed E-state index contributed by atoms with van der Waals surface area (Å²) < 4.78 is 49.4. The standard InChI is InChI=1S/C21H22F3NO3/c1-5-7-15-10-16(12-18(27-3)19(15)28-4)20(26)25-13(2)14-8-6-9-17(11-14)21(22,23)24/h5-6,8-13H,1,7H2,2-4H3,(H,25,26). The lowest BCUT2D eigenvalue weighted by Gasteiger charge is -2.18. The maximum Gasteiger partial charge on any atom is 0.416 e. The molecule has 150 valence electrons. The van der Waals surface area contributed by atoms with Crippen LogP contribution in [-0.2, 0) is 12.6 Å². The Morgan fingerprint density at radius 1 is 1.21 bits per heavy atom. The highest BCUT2D eigenvalue weighted by atomic mass is 19.4. The molecule has 0 fully saturated rings. The summed E-state index contributed by atoms with van der Waals surface area (Å²) in [4.78, 5) is 12.7. The van der Waals surface area contributed by atoms with Gasteiger partial charge in [-0.15, -0.1) is 6.58 Å². The Kier molecular flexibility index (Phi) is 6.72. The van der Waals surface area contributed by atoms with E-state index in [0.717, 1.165) is 12.1 Å². The second kappa shape index (κ2) is 8.82. The lowest BCUT2D eigenvalue weighted by atomic mass is 10.0. The highest BCUT2D eigenvalue weighted by Gasteiger charge is 2.30. The molecule has 1 atom stereocenters. The molecule has 2 aromatic carbocycles. The lowest BCUT2D eigenvalue weighted by molar-refractivity contribution is -0.137. The fourth-order valence-electron chi connectivity index (χ4n) is 2.83. The van der Waals surface area contributed by atoms with Crippen molar-refractivity contribution < 1.29 is 27.4 Å². The van der Waals surface area contributed by atoms with E-state index >= 15 is 0 Å². The lowest BCUT2D eigenvalue weighted by Crippen LogP contribution is -2.27. The molecule has 0 bridgehead atoms. The Hall–Kier alpha value is -2.96. The van der Waals surface area contributed by atoms with Crippen molar-refractivity contribution in [2.24, 2.45) is 0 Å². The first kappa shape index (κ1) is 21.3. The molecule has 0 aromatic heterocycles. The predicted octanol–water partition coefficient (Wildman–Crippen LogP) is 4.94.